The van der Waals surface area contributed by atoms with Gasteiger partial charge in [-0.1, -0.05) is 26.0 Å². The third kappa shape index (κ3) is 4.52. The van der Waals surface area contributed by atoms with Crippen LogP contribution in [0.1, 0.15) is 19.4 Å². The largest absolute Gasteiger partial charge is 0.242 e. The molecular weight excluding hydrogens is 324 g/mol. The molecular formula is C14H24N2O4S2. The van der Waals surface area contributed by atoms with Crippen LogP contribution in [0, 0.1) is 0 Å². The highest BCUT2D eigenvalue weighted by Crippen LogP contribution is 2.15. The van der Waals surface area contributed by atoms with E-state index in [1.165, 1.54) is 30.5 Å². The van der Waals surface area contributed by atoms with E-state index in [-0.39, 0.29) is 10.6 Å². The van der Waals surface area contributed by atoms with Gasteiger partial charge in [0, 0.05) is 27.2 Å². The summed E-state index contributed by atoms with van der Waals surface area (Å²) in [5, 5.41) is 0. The summed E-state index contributed by atoms with van der Waals surface area (Å²) in [7, 11) is -3.77. The Hall–Kier alpha value is -0.960. The van der Waals surface area contributed by atoms with Gasteiger partial charge in [-0.2, -0.15) is 0 Å². The van der Waals surface area contributed by atoms with E-state index in [9.17, 15) is 16.8 Å². The Bertz CT molecular complexity index is 676. The lowest BCUT2D eigenvalue weighted by Gasteiger charge is -2.18. The van der Waals surface area contributed by atoms with Crippen LogP contribution in [-0.2, 0) is 26.5 Å². The third-order valence-corrected chi connectivity index (χ3v) is 7.30. The van der Waals surface area contributed by atoms with Gasteiger partial charge in [0.25, 0.3) is 0 Å². The Kier molecular flexibility index (Phi) is 6.54. The SMILES string of the molecule is CCN(CC)S(=O)(=O)CCc1ccc(S(=O)(=O)N(C)C)cc1. The van der Waals surface area contributed by atoms with E-state index in [1.54, 1.807) is 12.1 Å². The molecule has 0 aliphatic rings. The number of sulfonamides is 2. The second kappa shape index (κ2) is 7.54. The topological polar surface area (TPSA) is 74.8 Å². The zero-order valence-electron chi connectivity index (χ0n) is 13.5. The summed E-state index contributed by atoms with van der Waals surface area (Å²) in [6.07, 6.45) is 0.362. The molecule has 0 radical (unpaired) electrons. The second-order valence-electron chi connectivity index (χ2n) is 5.08. The second-order valence-corrected chi connectivity index (χ2v) is 9.32. The van der Waals surface area contributed by atoms with Crippen molar-refractivity contribution in [2.75, 3.05) is 32.9 Å². The van der Waals surface area contributed by atoms with Crippen LogP contribution in [0.25, 0.3) is 0 Å². The lowest BCUT2D eigenvalue weighted by molar-refractivity contribution is 0.445. The molecule has 0 heterocycles. The Morgan fingerprint density at radius 1 is 0.909 bits per heavy atom. The van der Waals surface area contributed by atoms with E-state index in [1.807, 2.05) is 13.8 Å². The predicted molar refractivity (Wildman–Crippen MR) is 87.7 cm³/mol. The van der Waals surface area contributed by atoms with Crippen LogP contribution in [0.2, 0.25) is 0 Å². The summed E-state index contributed by atoms with van der Waals surface area (Å²) in [6.45, 7) is 4.53. The van der Waals surface area contributed by atoms with Crippen molar-refractivity contribution < 1.29 is 16.8 Å². The van der Waals surface area contributed by atoms with Gasteiger partial charge in [0.05, 0.1) is 10.6 Å². The standard InChI is InChI=1S/C14H24N2O4S2/c1-5-16(6-2)21(17,18)12-11-13-7-9-14(10-8-13)22(19,20)15(3)4/h7-10H,5-6,11-12H2,1-4H3. The number of benzene rings is 1. The van der Waals surface area contributed by atoms with Gasteiger partial charge in [-0.05, 0) is 24.1 Å². The highest BCUT2D eigenvalue weighted by Gasteiger charge is 2.19. The van der Waals surface area contributed by atoms with E-state index in [0.717, 1.165) is 9.87 Å². The molecule has 8 heteroatoms. The minimum atomic E-state index is -3.45. The minimum Gasteiger partial charge on any atom is -0.212 e. The average Bonchev–Trinajstić information content (AvgIpc) is 2.46. The van der Waals surface area contributed by atoms with Crippen LogP contribution < -0.4 is 0 Å². The highest BCUT2D eigenvalue weighted by molar-refractivity contribution is 7.89. The van der Waals surface area contributed by atoms with E-state index < -0.39 is 20.0 Å². The first-order valence-electron chi connectivity index (χ1n) is 7.14. The molecule has 1 aromatic rings. The van der Waals surface area contributed by atoms with Crippen LogP contribution in [0.15, 0.2) is 29.2 Å². The molecule has 0 aromatic heterocycles. The predicted octanol–water partition coefficient (Wildman–Crippen LogP) is 1.15. The van der Waals surface area contributed by atoms with Crippen LogP contribution in [0.3, 0.4) is 0 Å². The maximum absolute atomic E-state index is 12.1. The van der Waals surface area contributed by atoms with Crippen molar-refractivity contribution in [3.63, 3.8) is 0 Å². The number of nitrogens with zero attached hydrogens (tertiary/aromatic N) is 2. The molecule has 0 fully saturated rings. The molecule has 0 N–H and O–H groups in total. The molecule has 1 rings (SSSR count). The van der Waals surface area contributed by atoms with Crippen molar-refractivity contribution in [1.82, 2.24) is 8.61 Å². The van der Waals surface area contributed by atoms with Gasteiger partial charge >= 0.3 is 0 Å². The summed E-state index contributed by atoms with van der Waals surface area (Å²) < 4.78 is 50.7. The van der Waals surface area contributed by atoms with E-state index in [0.29, 0.717) is 19.5 Å². The van der Waals surface area contributed by atoms with Crippen molar-refractivity contribution in [3.8, 4) is 0 Å². The van der Waals surface area contributed by atoms with Gasteiger partial charge in [0.15, 0.2) is 0 Å². The molecule has 0 amide bonds. The first-order valence-corrected chi connectivity index (χ1v) is 10.2. The van der Waals surface area contributed by atoms with Crippen LogP contribution in [0.4, 0.5) is 0 Å². The molecule has 126 valence electrons. The molecule has 22 heavy (non-hydrogen) atoms. The third-order valence-electron chi connectivity index (χ3n) is 3.45. The number of hydrogen-bond acceptors (Lipinski definition) is 4. The fourth-order valence-corrected chi connectivity index (χ4v) is 4.47. The van der Waals surface area contributed by atoms with Gasteiger partial charge in [-0.15, -0.1) is 0 Å². The Labute approximate surface area is 133 Å². The normalized spacial score (nSPS) is 13.0. The van der Waals surface area contributed by atoms with Crippen molar-refractivity contribution in [3.05, 3.63) is 29.8 Å². The molecule has 0 saturated heterocycles. The van der Waals surface area contributed by atoms with Gasteiger partial charge in [-0.3, -0.25) is 0 Å². The molecule has 0 aliphatic carbocycles. The molecule has 1 aromatic carbocycles. The number of aryl methyl sites for hydroxylation is 1. The molecule has 0 aliphatic heterocycles. The van der Waals surface area contributed by atoms with Crippen molar-refractivity contribution in [1.29, 1.82) is 0 Å². The molecule has 0 atom stereocenters. The summed E-state index contributed by atoms with van der Waals surface area (Å²) >= 11 is 0. The number of rotatable bonds is 8. The molecule has 0 saturated carbocycles. The van der Waals surface area contributed by atoms with E-state index in [4.69, 9.17) is 0 Å². The summed E-state index contributed by atoms with van der Waals surface area (Å²) in [5.41, 5.74) is 0.799. The van der Waals surface area contributed by atoms with Crippen LogP contribution >= 0.6 is 0 Å². The Balaban J connectivity index is 2.82. The van der Waals surface area contributed by atoms with Gasteiger partial charge in [0.1, 0.15) is 0 Å². The molecule has 0 bridgehead atoms. The fourth-order valence-electron chi connectivity index (χ4n) is 2.03. The highest BCUT2D eigenvalue weighted by atomic mass is 32.2. The van der Waals surface area contributed by atoms with Gasteiger partial charge < -0.3 is 0 Å². The lowest BCUT2D eigenvalue weighted by Crippen LogP contribution is -2.33. The van der Waals surface area contributed by atoms with Crippen molar-refractivity contribution in [2.24, 2.45) is 0 Å². The summed E-state index contributed by atoms with van der Waals surface area (Å²) in [6, 6.07) is 6.34. The molecule has 6 nitrogen and oxygen atoms in total. The maximum Gasteiger partial charge on any atom is 0.242 e. The Morgan fingerprint density at radius 3 is 1.82 bits per heavy atom. The quantitative estimate of drug-likeness (QED) is 0.706. The first-order chi connectivity index (χ1) is 10.1. The summed E-state index contributed by atoms with van der Waals surface area (Å²) in [4.78, 5) is 0.202. The van der Waals surface area contributed by atoms with Gasteiger partial charge in [-0.25, -0.2) is 25.4 Å². The van der Waals surface area contributed by atoms with E-state index in [2.05, 4.69) is 0 Å². The van der Waals surface area contributed by atoms with Crippen LogP contribution in [0.5, 0.6) is 0 Å². The smallest absolute Gasteiger partial charge is 0.212 e. The Morgan fingerprint density at radius 2 is 1.41 bits per heavy atom. The minimum absolute atomic E-state index is 0.0223. The fraction of sp³-hybridized carbons (Fsp3) is 0.571. The lowest BCUT2D eigenvalue weighted by atomic mass is 10.2. The maximum atomic E-state index is 12.1. The summed E-state index contributed by atoms with van der Waals surface area (Å²) in [5.74, 6) is 0.0223. The zero-order valence-corrected chi connectivity index (χ0v) is 15.1. The van der Waals surface area contributed by atoms with Crippen molar-refractivity contribution >= 4 is 20.0 Å². The number of hydrogen-bond donors (Lipinski definition) is 0. The van der Waals surface area contributed by atoms with Crippen LogP contribution in [-0.4, -0.2) is 58.4 Å². The van der Waals surface area contributed by atoms with Gasteiger partial charge in [0.2, 0.25) is 20.0 Å². The monoisotopic (exact) mass is 348 g/mol. The van der Waals surface area contributed by atoms with Crippen molar-refractivity contribution in [2.45, 2.75) is 25.2 Å². The molecule has 0 spiro atoms. The van der Waals surface area contributed by atoms with E-state index >= 15 is 0 Å². The zero-order chi connectivity index (χ0) is 17.0. The molecule has 0 unspecified atom stereocenters. The first kappa shape index (κ1) is 19.1. The average molecular weight is 348 g/mol.